The smallest absolute Gasteiger partial charge is 0.341 e. The number of aromatic amines is 1. The van der Waals surface area contributed by atoms with Crippen molar-refractivity contribution in [2.45, 2.75) is 26.4 Å². The highest BCUT2D eigenvalue weighted by Gasteiger charge is 2.13. The Bertz CT molecular complexity index is 1450. The van der Waals surface area contributed by atoms with Crippen LogP contribution in [0.25, 0.3) is 10.9 Å². The molecule has 4 rings (SSSR count). The minimum absolute atomic E-state index is 0.115. The van der Waals surface area contributed by atoms with Gasteiger partial charge in [-0.05, 0) is 31.0 Å². The number of H-pyrrole nitrogens is 1. The Balaban J connectivity index is 1.35. The molecule has 0 saturated heterocycles. The van der Waals surface area contributed by atoms with Crippen molar-refractivity contribution in [2.24, 2.45) is 0 Å². The molecule has 0 bridgehead atoms. The van der Waals surface area contributed by atoms with Crippen LogP contribution in [0.15, 0.2) is 53.7 Å². The SMILES string of the molecule is Cc1cnc(NCCc2ccccc2OCC(=O)O)c(=O)n1CC(=O)NCc1cc2cn[nH]c2cn1. The van der Waals surface area contributed by atoms with Gasteiger partial charge in [-0.15, -0.1) is 0 Å². The number of aromatic nitrogens is 5. The number of aryl methyl sites for hydroxylation is 1. The number of anilines is 1. The minimum atomic E-state index is -1.06. The van der Waals surface area contributed by atoms with Gasteiger partial charge in [-0.3, -0.25) is 24.2 Å². The van der Waals surface area contributed by atoms with E-state index >= 15 is 0 Å². The molecule has 1 aromatic carbocycles. The first-order valence-corrected chi connectivity index (χ1v) is 11.2. The monoisotopic (exact) mass is 491 g/mol. The van der Waals surface area contributed by atoms with Gasteiger partial charge in [0.25, 0.3) is 5.56 Å². The molecular weight excluding hydrogens is 466 g/mol. The Kier molecular flexibility index (Phi) is 7.54. The molecule has 3 heterocycles. The lowest BCUT2D eigenvalue weighted by molar-refractivity contribution is -0.139. The van der Waals surface area contributed by atoms with E-state index in [-0.39, 0.29) is 24.8 Å². The van der Waals surface area contributed by atoms with Gasteiger partial charge < -0.3 is 20.5 Å². The number of hydrogen-bond donors (Lipinski definition) is 4. The number of aliphatic carboxylic acids is 1. The van der Waals surface area contributed by atoms with Gasteiger partial charge in [0, 0.05) is 23.8 Å². The van der Waals surface area contributed by atoms with Crippen molar-refractivity contribution in [3.63, 3.8) is 0 Å². The van der Waals surface area contributed by atoms with Crippen LogP contribution >= 0.6 is 0 Å². The fraction of sp³-hybridized carbons (Fsp3) is 0.250. The molecule has 4 aromatic rings. The number of benzene rings is 1. The van der Waals surface area contributed by atoms with Crippen molar-refractivity contribution < 1.29 is 19.4 Å². The summed E-state index contributed by atoms with van der Waals surface area (Å²) in [5, 5.41) is 22.3. The number of pyridine rings is 1. The largest absolute Gasteiger partial charge is 0.482 e. The number of carboxylic acids is 1. The van der Waals surface area contributed by atoms with Crippen LogP contribution in [0.5, 0.6) is 5.75 Å². The Morgan fingerprint density at radius 1 is 1.17 bits per heavy atom. The highest BCUT2D eigenvalue weighted by atomic mass is 16.5. The predicted octanol–water partition coefficient (Wildman–Crippen LogP) is 1.26. The average Bonchev–Trinajstić information content (AvgIpc) is 3.34. The zero-order valence-electron chi connectivity index (χ0n) is 19.5. The molecule has 186 valence electrons. The second-order valence-corrected chi connectivity index (χ2v) is 8.02. The van der Waals surface area contributed by atoms with Crippen LogP contribution in [-0.4, -0.2) is 54.9 Å². The molecule has 0 aliphatic carbocycles. The van der Waals surface area contributed by atoms with Crippen LogP contribution in [0.3, 0.4) is 0 Å². The number of fused-ring (bicyclic) bond motifs is 1. The molecule has 0 aliphatic heterocycles. The van der Waals surface area contributed by atoms with Crippen LogP contribution in [0.4, 0.5) is 5.82 Å². The van der Waals surface area contributed by atoms with Crippen molar-refractivity contribution in [3.05, 3.63) is 76.2 Å². The van der Waals surface area contributed by atoms with Crippen molar-refractivity contribution in [1.82, 2.24) is 30.0 Å². The molecule has 12 heteroatoms. The lowest BCUT2D eigenvalue weighted by Gasteiger charge is -2.13. The van der Waals surface area contributed by atoms with Gasteiger partial charge >= 0.3 is 5.97 Å². The number of hydrogen-bond acceptors (Lipinski definition) is 8. The van der Waals surface area contributed by atoms with Crippen molar-refractivity contribution in [3.8, 4) is 5.75 Å². The van der Waals surface area contributed by atoms with Crippen LogP contribution in [0.1, 0.15) is 17.0 Å². The summed E-state index contributed by atoms with van der Waals surface area (Å²) in [7, 11) is 0. The number of nitrogens with zero attached hydrogens (tertiary/aromatic N) is 4. The molecular formula is C24H25N7O5. The summed E-state index contributed by atoms with van der Waals surface area (Å²) < 4.78 is 6.66. The second kappa shape index (κ2) is 11.1. The van der Waals surface area contributed by atoms with Gasteiger partial charge in [-0.25, -0.2) is 9.78 Å². The number of amides is 1. The summed E-state index contributed by atoms with van der Waals surface area (Å²) in [5.41, 5.74) is 2.40. The third kappa shape index (κ3) is 6.03. The Morgan fingerprint density at radius 2 is 2.00 bits per heavy atom. The number of ether oxygens (including phenoxy) is 1. The number of carboxylic acid groups (broad SMARTS) is 1. The van der Waals surface area contributed by atoms with Gasteiger partial charge in [0.15, 0.2) is 12.4 Å². The average molecular weight is 492 g/mol. The lowest BCUT2D eigenvalue weighted by Crippen LogP contribution is -2.34. The zero-order chi connectivity index (χ0) is 25.5. The van der Waals surface area contributed by atoms with E-state index in [1.54, 1.807) is 31.5 Å². The molecule has 4 N–H and O–H groups in total. The third-order valence-corrected chi connectivity index (χ3v) is 5.41. The van der Waals surface area contributed by atoms with E-state index in [2.05, 4.69) is 30.8 Å². The van der Waals surface area contributed by atoms with Gasteiger partial charge in [-0.1, -0.05) is 18.2 Å². The zero-order valence-corrected chi connectivity index (χ0v) is 19.5. The summed E-state index contributed by atoms with van der Waals surface area (Å²) in [4.78, 5) is 44.7. The van der Waals surface area contributed by atoms with Gasteiger partial charge in [-0.2, -0.15) is 5.10 Å². The van der Waals surface area contributed by atoms with E-state index in [4.69, 9.17) is 9.84 Å². The Labute approximate surface area is 205 Å². The fourth-order valence-corrected chi connectivity index (χ4v) is 3.57. The molecule has 12 nitrogen and oxygen atoms in total. The number of carbonyl (C=O) groups is 2. The van der Waals surface area contributed by atoms with Crippen molar-refractivity contribution in [2.75, 3.05) is 18.5 Å². The molecule has 0 radical (unpaired) electrons. The molecule has 3 aromatic heterocycles. The van der Waals surface area contributed by atoms with Gasteiger partial charge in [0.2, 0.25) is 5.91 Å². The molecule has 0 aliphatic rings. The topological polar surface area (TPSA) is 164 Å². The predicted molar refractivity (Wildman–Crippen MR) is 131 cm³/mol. The van der Waals surface area contributed by atoms with Gasteiger partial charge in [0.05, 0.1) is 30.1 Å². The maximum Gasteiger partial charge on any atom is 0.341 e. The number of nitrogens with one attached hydrogen (secondary N) is 3. The van der Waals surface area contributed by atoms with E-state index in [0.29, 0.717) is 30.1 Å². The van der Waals surface area contributed by atoms with Crippen LogP contribution < -0.4 is 20.9 Å². The quantitative estimate of drug-likeness (QED) is 0.242. The molecule has 0 atom stereocenters. The molecule has 0 spiro atoms. The van der Waals surface area contributed by atoms with E-state index in [1.165, 1.54) is 10.8 Å². The van der Waals surface area contributed by atoms with E-state index in [1.807, 2.05) is 18.2 Å². The van der Waals surface area contributed by atoms with Crippen molar-refractivity contribution in [1.29, 1.82) is 0 Å². The van der Waals surface area contributed by atoms with Crippen LogP contribution in [0.2, 0.25) is 0 Å². The molecule has 0 saturated carbocycles. The van der Waals surface area contributed by atoms with Crippen molar-refractivity contribution >= 4 is 28.6 Å². The first kappa shape index (κ1) is 24.4. The van der Waals surface area contributed by atoms with E-state index in [0.717, 1.165) is 16.5 Å². The van der Waals surface area contributed by atoms with E-state index < -0.39 is 18.1 Å². The molecule has 0 unspecified atom stereocenters. The molecule has 0 fully saturated rings. The highest BCUT2D eigenvalue weighted by molar-refractivity contribution is 5.78. The van der Waals surface area contributed by atoms with Gasteiger partial charge in [0.1, 0.15) is 12.3 Å². The summed E-state index contributed by atoms with van der Waals surface area (Å²) in [5.74, 6) is -0.818. The maximum atomic E-state index is 12.9. The third-order valence-electron chi connectivity index (χ3n) is 5.41. The highest BCUT2D eigenvalue weighted by Crippen LogP contribution is 2.18. The standard InChI is InChI=1S/C24H25N7O5/c1-15-9-28-23(25-7-6-16-4-2-3-5-20(16)36-14-22(33)34)24(35)31(15)13-21(32)27-11-18-8-17-10-29-30-19(17)12-26-18/h2-5,8-10,12H,6-7,11,13-14H2,1H3,(H,25,28)(H,27,32)(H,29,30)(H,33,34). The first-order valence-electron chi connectivity index (χ1n) is 11.2. The second-order valence-electron chi connectivity index (χ2n) is 8.02. The van der Waals surface area contributed by atoms with E-state index in [9.17, 15) is 14.4 Å². The van der Waals surface area contributed by atoms with Crippen LogP contribution in [0, 0.1) is 6.92 Å². The summed E-state index contributed by atoms with van der Waals surface area (Å²) >= 11 is 0. The maximum absolute atomic E-state index is 12.9. The Hall–Kier alpha value is -4.74. The summed E-state index contributed by atoms with van der Waals surface area (Å²) in [6.45, 7) is 1.67. The Morgan fingerprint density at radius 3 is 2.83 bits per heavy atom. The molecule has 36 heavy (non-hydrogen) atoms. The minimum Gasteiger partial charge on any atom is -0.482 e. The number of rotatable bonds is 11. The lowest BCUT2D eigenvalue weighted by atomic mass is 10.1. The fourth-order valence-electron chi connectivity index (χ4n) is 3.57. The summed E-state index contributed by atoms with van der Waals surface area (Å²) in [6.07, 6.45) is 5.32. The first-order chi connectivity index (χ1) is 17.4. The normalized spacial score (nSPS) is 10.8. The van der Waals surface area contributed by atoms with Crippen LogP contribution in [-0.2, 0) is 29.1 Å². The number of para-hydroxylation sites is 1. The summed E-state index contributed by atoms with van der Waals surface area (Å²) in [6, 6.07) is 8.92. The molecule has 1 amide bonds. The number of carbonyl (C=O) groups excluding carboxylic acids is 1.